The summed E-state index contributed by atoms with van der Waals surface area (Å²) in [6.45, 7) is 5.83. The number of benzene rings is 1. The monoisotopic (exact) mass is 299 g/mol. The Bertz CT molecular complexity index is 582. The van der Waals surface area contributed by atoms with Crippen LogP contribution < -0.4 is 11.1 Å². The van der Waals surface area contributed by atoms with Crippen LogP contribution in [0.15, 0.2) is 18.2 Å². The lowest BCUT2D eigenvalue weighted by Gasteiger charge is -2.15. The normalized spacial score (nSPS) is 12.3. The first-order valence-corrected chi connectivity index (χ1v) is 6.72. The number of nitrogens with one attached hydrogen (secondary N) is 1. The Balaban J connectivity index is 0.00000180. The Kier molecular flexibility index (Phi) is 5.29. The number of hydrogen-bond donors (Lipinski definition) is 2. The first-order valence-electron chi connectivity index (χ1n) is 5.91. The molecule has 0 saturated carbocycles. The van der Waals surface area contributed by atoms with Gasteiger partial charge in [0.25, 0.3) is 0 Å². The summed E-state index contributed by atoms with van der Waals surface area (Å²) >= 11 is 1.61. The van der Waals surface area contributed by atoms with E-state index in [0.29, 0.717) is 0 Å². The van der Waals surface area contributed by atoms with Crippen molar-refractivity contribution in [3.63, 3.8) is 0 Å². The van der Waals surface area contributed by atoms with Crippen LogP contribution in [0, 0.1) is 12.8 Å². The van der Waals surface area contributed by atoms with E-state index < -0.39 is 6.04 Å². The highest BCUT2D eigenvalue weighted by molar-refractivity contribution is 7.18. The van der Waals surface area contributed by atoms with Gasteiger partial charge in [0.15, 0.2) is 0 Å². The number of anilines is 1. The van der Waals surface area contributed by atoms with Crippen LogP contribution in [0.1, 0.15) is 18.9 Å². The maximum atomic E-state index is 11.8. The van der Waals surface area contributed by atoms with Crippen molar-refractivity contribution in [1.82, 2.24) is 4.98 Å². The van der Waals surface area contributed by atoms with Crippen molar-refractivity contribution in [2.24, 2.45) is 11.7 Å². The van der Waals surface area contributed by atoms with E-state index in [1.807, 2.05) is 39.0 Å². The van der Waals surface area contributed by atoms with E-state index in [-0.39, 0.29) is 24.2 Å². The summed E-state index contributed by atoms with van der Waals surface area (Å²) in [5, 5.41) is 3.86. The average molecular weight is 300 g/mol. The number of aromatic nitrogens is 1. The molecule has 2 aromatic rings. The van der Waals surface area contributed by atoms with E-state index >= 15 is 0 Å². The average Bonchev–Trinajstić information content (AvgIpc) is 2.67. The summed E-state index contributed by atoms with van der Waals surface area (Å²) in [4.78, 5) is 16.2. The molecule has 4 nitrogen and oxygen atoms in total. The molecule has 1 atom stereocenters. The van der Waals surface area contributed by atoms with Crippen molar-refractivity contribution in [1.29, 1.82) is 0 Å². The number of carbonyl (C=O) groups is 1. The van der Waals surface area contributed by atoms with Gasteiger partial charge < -0.3 is 11.1 Å². The Morgan fingerprint density at radius 3 is 2.74 bits per heavy atom. The largest absolute Gasteiger partial charge is 0.325 e. The lowest BCUT2D eigenvalue weighted by molar-refractivity contribution is -0.118. The SMILES string of the molecule is Cc1nc2ccc(NC(=O)[C@H](N)C(C)C)cc2s1.Cl. The maximum Gasteiger partial charge on any atom is 0.241 e. The van der Waals surface area contributed by atoms with Gasteiger partial charge in [-0.1, -0.05) is 13.8 Å². The molecule has 0 bridgehead atoms. The molecule has 0 fully saturated rings. The predicted molar refractivity (Wildman–Crippen MR) is 83.0 cm³/mol. The lowest BCUT2D eigenvalue weighted by atomic mass is 10.1. The van der Waals surface area contributed by atoms with E-state index in [1.54, 1.807) is 11.3 Å². The second-order valence-corrected chi connectivity index (χ2v) is 5.91. The first kappa shape index (κ1) is 15.9. The van der Waals surface area contributed by atoms with Gasteiger partial charge in [0.2, 0.25) is 5.91 Å². The van der Waals surface area contributed by atoms with Crippen LogP contribution in [0.25, 0.3) is 10.2 Å². The molecule has 0 spiro atoms. The zero-order valence-corrected chi connectivity index (χ0v) is 12.8. The van der Waals surface area contributed by atoms with E-state index in [0.717, 1.165) is 20.9 Å². The molecule has 1 aromatic heterocycles. The number of amides is 1. The molecule has 1 aromatic carbocycles. The lowest BCUT2D eigenvalue weighted by Crippen LogP contribution is -2.39. The van der Waals surface area contributed by atoms with Gasteiger partial charge in [0.1, 0.15) is 0 Å². The van der Waals surface area contributed by atoms with Crippen molar-refractivity contribution in [3.05, 3.63) is 23.2 Å². The number of nitrogens with two attached hydrogens (primary N) is 1. The molecule has 2 rings (SSSR count). The molecular formula is C13H18ClN3OS. The molecule has 19 heavy (non-hydrogen) atoms. The summed E-state index contributed by atoms with van der Waals surface area (Å²) in [7, 11) is 0. The van der Waals surface area contributed by atoms with Crippen LogP contribution in [0.2, 0.25) is 0 Å². The summed E-state index contributed by atoms with van der Waals surface area (Å²) in [6, 6.07) is 5.22. The highest BCUT2D eigenvalue weighted by Crippen LogP contribution is 2.24. The number of halogens is 1. The smallest absolute Gasteiger partial charge is 0.241 e. The second-order valence-electron chi connectivity index (χ2n) is 4.67. The number of rotatable bonds is 3. The second kappa shape index (κ2) is 6.32. The fraction of sp³-hybridized carbons (Fsp3) is 0.385. The van der Waals surface area contributed by atoms with Crippen molar-refractivity contribution in [2.45, 2.75) is 26.8 Å². The van der Waals surface area contributed by atoms with Crippen molar-refractivity contribution in [3.8, 4) is 0 Å². The topological polar surface area (TPSA) is 68.0 Å². The van der Waals surface area contributed by atoms with Crippen molar-refractivity contribution >= 4 is 45.6 Å². The molecule has 0 aliphatic heterocycles. The number of thiazole rings is 1. The van der Waals surface area contributed by atoms with Gasteiger partial charge in [0, 0.05) is 5.69 Å². The highest BCUT2D eigenvalue weighted by atomic mass is 35.5. The van der Waals surface area contributed by atoms with Gasteiger partial charge in [-0.25, -0.2) is 4.98 Å². The molecule has 6 heteroatoms. The number of aryl methyl sites for hydroxylation is 1. The van der Waals surface area contributed by atoms with E-state index in [9.17, 15) is 4.79 Å². The van der Waals surface area contributed by atoms with Crippen LogP contribution in [0.5, 0.6) is 0 Å². The van der Waals surface area contributed by atoms with Crippen LogP contribution in [0.4, 0.5) is 5.69 Å². The molecule has 0 radical (unpaired) electrons. The summed E-state index contributed by atoms with van der Waals surface area (Å²) in [5.74, 6) is -0.0232. The molecule has 0 saturated heterocycles. The van der Waals surface area contributed by atoms with Crippen LogP contribution >= 0.6 is 23.7 Å². The van der Waals surface area contributed by atoms with Gasteiger partial charge in [-0.15, -0.1) is 23.7 Å². The molecular weight excluding hydrogens is 282 g/mol. The highest BCUT2D eigenvalue weighted by Gasteiger charge is 2.17. The molecule has 0 aliphatic carbocycles. The maximum absolute atomic E-state index is 11.8. The van der Waals surface area contributed by atoms with Gasteiger partial charge in [-0.2, -0.15) is 0 Å². The minimum Gasteiger partial charge on any atom is -0.325 e. The Morgan fingerprint density at radius 2 is 2.11 bits per heavy atom. The minimum atomic E-state index is -0.483. The van der Waals surface area contributed by atoms with Crippen LogP contribution in [-0.2, 0) is 4.79 Å². The fourth-order valence-corrected chi connectivity index (χ4v) is 2.51. The summed E-state index contributed by atoms with van der Waals surface area (Å²) in [6.07, 6.45) is 0. The van der Waals surface area contributed by atoms with Crippen molar-refractivity contribution in [2.75, 3.05) is 5.32 Å². The zero-order chi connectivity index (χ0) is 13.3. The van der Waals surface area contributed by atoms with Gasteiger partial charge in [-0.3, -0.25) is 4.79 Å². The van der Waals surface area contributed by atoms with Gasteiger partial charge in [0.05, 0.1) is 21.3 Å². The van der Waals surface area contributed by atoms with E-state index in [4.69, 9.17) is 5.73 Å². The molecule has 0 aliphatic rings. The number of hydrogen-bond acceptors (Lipinski definition) is 4. The first-order chi connectivity index (χ1) is 8.47. The number of nitrogens with zero attached hydrogens (tertiary/aromatic N) is 1. The quantitative estimate of drug-likeness (QED) is 0.915. The van der Waals surface area contributed by atoms with E-state index in [1.165, 1.54) is 0 Å². The molecule has 104 valence electrons. The predicted octanol–water partition coefficient (Wildman–Crippen LogP) is 2.95. The fourth-order valence-electron chi connectivity index (χ4n) is 1.65. The Labute approximate surface area is 122 Å². The summed E-state index contributed by atoms with van der Waals surface area (Å²) in [5.41, 5.74) is 7.54. The van der Waals surface area contributed by atoms with Gasteiger partial charge in [-0.05, 0) is 31.0 Å². The van der Waals surface area contributed by atoms with E-state index in [2.05, 4.69) is 10.3 Å². The zero-order valence-electron chi connectivity index (χ0n) is 11.1. The molecule has 0 unspecified atom stereocenters. The summed E-state index contributed by atoms with van der Waals surface area (Å²) < 4.78 is 1.07. The van der Waals surface area contributed by atoms with Crippen LogP contribution in [-0.4, -0.2) is 16.9 Å². The van der Waals surface area contributed by atoms with Crippen LogP contribution in [0.3, 0.4) is 0 Å². The van der Waals surface area contributed by atoms with Crippen molar-refractivity contribution < 1.29 is 4.79 Å². The third-order valence-electron chi connectivity index (χ3n) is 2.78. The molecule has 1 amide bonds. The standard InChI is InChI=1S/C13H17N3OS.ClH/c1-7(2)12(14)13(17)16-9-4-5-10-11(6-9)18-8(3)15-10;/h4-7,12H,14H2,1-3H3,(H,16,17);1H/t12-;/m1./s1. The Morgan fingerprint density at radius 1 is 1.42 bits per heavy atom. The molecule has 1 heterocycles. The molecule has 3 N–H and O–H groups in total. The third-order valence-corrected chi connectivity index (χ3v) is 3.72. The van der Waals surface area contributed by atoms with Gasteiger partial charge >= 0.3 is 0 Å². The minimum absolute atomic E-state index is 0. The number of carbonyl (C=O) groups excluding carboxylic acids is 1. The number of fused-ring (bicyclic) bond motifs is 1. The Hall–Kier alpha value is -1.17. The third kappa shape index (κ3) is 3.65.